The SMILES string of the molecule is COC(=O)[C@@H]1CN(C(=O)CSC)CCN1. The molecule has 1 amide bonds. The second-order valence-electron chi connectivity index (χ2n) is 3.30. The van der Waals surface area contributed by atoms with Crippen LogP contribution >= 0.6 is 11.8 Å². The lowest BCUT2D eigenvalue weighted by atomic mass is 10.2. The molecule has 1 N–H and O–H groups in total. The maximum absolute atomic E-state index is 11.6. The number of esters is 1. The molecule has 0 bridgehead atoms. The molecule has 0 unspecified atom stereocenters. The highest BCUT2D eigenvalue weighted by molar-refractivity contribution is 7.99. The van der Waals surface area contributed by atoms with Gasteiger partial charge in [-0.15, -0.1) is 0 Å². The van der Waals surface area contributed by atoms with Gasteiger partial charge in [-0.2, -0.15) is 11.8 Å². The summed E-state index contributed by atoms with van der Waals surface area (Å²) in [5.41, 5.74) is 0. The van der Waals surface area contributed by atoms with Crippen LogP contribution < -0.4 is 5.32 Å². The molecule has 1 aliphatic heterocycles. The van der Waals surface area contributed by atoms with Gasteiger partial charge < -0.3 is 15.0 Å². The summed E-state index contributed by atoms with van der Waals surface area (Å²) in [6, 6.07) is -0.380. The number of carbonyl (C=O) groups excluding carboxylic acids is 2. The molecule has 1 heterocycles. The van der Waals surface area contributed by atoms with Crippen molar-refractivity contribution in [2.24, 2.45) is 0 Å². The van der Waals surface area contributed by atoms with Crippen LogP contribution in [0.15, 0.2) is 0 Å². The van der Waals surface area contributed by atoms with E-state index in [-0.39, 0.29) is 17.9 Å². The summed E-state index contributed by atoms with van der Waals surface area (Å²) >= 11 is 1.49. The van der Waals surface area contributed by atoms with Crippen molar-refractivity contribution < 1.29 is 14.3 Å². The van der Waals surface area contributed by atoms with E-state index in [0.29, 0.717) is 25.4 Å². The lowest BCUT2D eigenvalue weighted by molar-refractivity contribution is -0.145. The van der Waals surface area contributed by atoms with Crippen molar-refractivity contribution in [1.82, 2.24) is 10.2 Å². The number of thioether (sulfide) groups is 1. The molecule has 0 aromatic carbocycles. The Kier molecular flexibility index (Phi) is 4.90. The molecule has 6 heteroatoms. The average Bonchev–Trinajstić information content (AvgIpc) is 2.28. The van der Waals surface area contributed by atoms with E-state index in [9.17, 15) is 9.59 Å². The molecule has 1 rings (SSSR count). The number of rotatable bonds is 3. The van der Waals surface area contributed by atoms with Gasteiger partial charge in [0.15, 0.2) is 0 Å². The molecule has 15 heavy (non-hydrogen) atoms. The monoisotopic (exact) mass is 232 g/mol. The zero-order chi connectivity index (χ0) is 11.3. The first kappa shape index (κ1) is 12.3. The van der Waals surface area contributed by atoms with Crippen molar-refractivity contribution >= 4 is 23.6 Å². The number of nitrogens with one attached hydrogen (secondary N) is 1. The van der Waals surface area contributed by atoms with Gasteiger partial charge in [0.2, 0.25) is 5.91 Å². The van der Waals surface area contributed by atoms with Crippen LogP contribution in [0.5, 0.6) is 0 Å². The Balaban J connectivity index is 2.48. The third-order valence-corrected chi connectivity index (χ3v) is 2.82. The highest BCUT2D eigenvalue weighted by Crippen LogP contribution is 2.04. The molecule has 0 saturated carbocycles. The summed E-state index contributed by atoms with van der Waals surface area (Å²) < 4.78 is 4.63. The maximum atomic E-state index is 11.6. The van der Waals surface area contributed by atoms with Gasteiger partial charge in [0.05, 0.1) is 12.9 Å². The third-order valence-electron chi connectivity index (χ3n) is 2.28. The maximum Gasteiger partial charge on any atom is 0.324 e. The van der Waals surface area contributed by atoms with E-state index < -0.39 is 0 Å². The molecule has 0 aliphatic carbocycles. The fourth-order valence-electron chi connectivity index (χ4n) is 1.49. The Morgan fingerprint density at radius 1 is 1.60 bits per heavy atom. The van der Waals surface area contributed by atoms with Crippen LogP contribution in [-0.4, -0.2) is 61.6 Å². The van der Waals surface area contributed by atoms with Gasteiger partial charge in [-0.1, -0.05) is 0 Å². The molecule has 0 radical (unpaired) electrons. The molecule has 5 nitrogen and oxygen atoms in total. The predicted molar refractivity (Wildman–Crippen MR) is 58.8 cm³/mol. The third kappa shape index (κ3) is 3.39. The zero-order valence-corrected chi connectivity index (χ0v) is 9.80. The summed E-state index contributed by atoms with van der Waals surface area (Å²) in [5, 5.41) is 3.02. The molecular weight excluding hydrogens is 216 g/mol. The molecule has 1 saturated heterocycles. The first-order valence-electron chi connectivity index (χ1n) is 4.77. The Morgan fingerprint density at radius 3 is 2.93 bits per heavy atom. The minimum Gasteiger partial charge on any atom is -0.468 e. The van der Waals surface area contributed by atoms with Gasteiger partial charge in [-0.25, -0.2) is 0 Å². The number of amides is 1. The average molecular weight is 232 g/mol. The van der Waals surface area contributed by atoms with Gasteiger partial charge >= 0.3 is 5.97 Å². The minimum atomic E-state index is -0.380. The van der Waals surface area contributed by atoms with E-state index in [4.69, 9.17) is 0 Å². The first-order chi connectivity index (χ1) is 7.19. The fraction of sp³-hybridized carbons (Fsp3) is 0.778. The van der Waals surface area contributed by atoms with Gasteiger partial charge in [0, 0.05) is 19.6 Å². The lowest BCUT2D eigenvalue weighted by Gasteiger charge is -2.32. The second kappa shape index (κ2) is 5.97. The number of hydrogen-bond acceptors (Lipinski definition) is 5. The molecule has 1 aliphatic rings. The van der Waals surface area contributed by atoms with Gasteiger partial charge in [-0.3, -0.25) is 9.59 Å². The van der Waals surface area contributed by atoms with E-state index in [1.54, 1.807) is 4.90 Å². The largest absolute Gasteiger partial charge is 0.468 e. The van der Waals surface area contributed by atoms with Crippen molar-refractivity contribution in [2.75, 3.05) is 38.8 Å². The molecule has 1 atom stereocenters. The summed E-state index contributed by atoms with van der Waals surface area (Å²) in [4.78, 5) is 24.5. The number of ether oxygens (including phenoxy) is 1. The second-order valence-corrected chi connectivity index (χ2v) is 4.17. The topological polar surface area (TPSA) is 58.6 Å². The number of methoxy groups -OCH3 is 1. The van der Waals surface area contributed by atoms with Crippen LogP contribution in [0.25, 0.3) is 0 Å². The highest BCUT2D eigenvalue weighted by Gasteiger charge is 2.28. The molecule has 0 aromatic heterocycles. The Bertz CT molecular complexity index is 248. The zero-order valence-electron chi connectivity index (χ0n) is 8.99. The van der Waals surface area contributed by atoms with Crippen LogP contribution in [-0.2, 0) is 14.3 Å². The van der Waals surface area contributed by atoms with Crippen LogP contribution in [0.1, 0.15) is 0 Å². The Morgan fingerprint density at radius 2 is 2.33 bits per heavy atom. The number of carbonyl (C=O) groups is 2. The van der Waals surface area contributed by atoms with Crippen molar-refractivity contribution in [1.29, 1.82) is 0 Å². The molecule has 86 valence electrons. The quantitative estimate of drug-likeness (QED) is 0.654. The summed E-state index contributed by atoms with van der Waals surface area (Å²) in [5.74, 6) is 0.239. The lowest BCUT2D eigenvalue weighted by Crippen LogP contribution is -2.56. The molecule has 0 aromatic rings. The van der Waals surface area contributed by atoms with Crippen molar-refractivity contribution in [2.45, 2.75) is 6.04 Å². The van der Waals surface area contributed by atoms with Gasteiger partial charge in [0.25, 0.3) is 0 Å². The van der Waals surface area contributed by atoms with Crippen LogP contribution in [0.4, 0.5) is 0 Å². The summed E-state index contributed by atoms with van der Waals surface area (Å²) in [7, 11) is 1.35. The first-order valence-corrected chi connectivity index (χ1v) is 6.16. The summed E-state index contributed by atoms with van der Waals surface area (Å²) in [6.07, 6.45) is 1.89. The van der Waals surface area contributed by atoms with E-state index >= 15 is 0 Å². The Labute approximate surface area is 93.5 Å². The van der Waals surface area contributed by atoms with Crippen LogP contribution in [0.3, 0.4) is 0 Å². The number of piperazine rings is 1. The highest BCUT2D eigenvalue weighted by atomic mass is 32.2. The summed E-state index contributed by atoms with van der Waals surface area (Å²) in [6.45, 7) is 1.71. The van der Waals surface area contributed by atoms with Crippen molar-refractivity contribution in [3.05, 3.63) is 0 Å². The van der Waals surface area contributed by atoms with E-state index in [2.05, 4.69) is 10.1 Å². The van der Waals surface area contributed by atoms with Crippen LogP contribution in [0, 0.1) is 0 Å². The van der Waals surface area contributed by atoms with Crippen molar-refractivity contribution in [3.63, 3.8) is 0 Å². The molecule has 0 spiro atoms. The number of nitrogens with zero attached hydrogens (tertiary/aromatic N) is 1. The predicted octanol–water partition coefficient (Wildman–Crippen LogP) is -0.677. The minimum absolute atomic E-state index is 0.0814. The smallest absolute Gasteiger partial charge is 0.324 e. The van der Waals surface area contributed by atoms with Crippen LogP contribution in [0.2, 0.25) is 0 Å². The van der Waals surface area contributed by atoms with E-state index in [1.807, 2.05) is 6.26 Å². The van der Waals surface area contributed by atoms with Gasteiger partial charge in [-0.05, 0) is 6.26 Å². The standard InChI is InChI=1S/C9H16N2O3S/c1-14-9(13)7-5-11(4-3-10-7)8(12)6-15-2/h7,10H,3-6H2,1-2H3/t7-/m0/s1. The molecule has 1 fully saturated rings. The van der Waals surface area contributed by atoms with E-state index in [1.165, 1.54) is 18.9 Å². The van der Waals surface area contributed by atoms with E-state index in [0.717, 1.165) is 0 Å². The normalized spacial score (nSPS) is 21.2. The fourth-order valence-corrected chi connectivity index (χ4v) is 1.92. The Hall–Kier alpha value is -0.750. The molecular formula is C9H16N2O3S. The number of hydrogen-bond donors (Lipinski definition) is 1. The van der Waals surface area contributed by atoms with Gasteiger partial charge in [0.1, 0.15) is 6.04 Å². The van der Waals surface area contributed by atoms with Crippen molar-refractivity contribution in [3.8, 4) is 0 Å².